The van der Waals surface area contributed by atoms with Crippen molar-refractivity contribution < 1.29 is 9.84 Å². The Morgan fingerprint density at radius 2 is 1.94 bits per heavy atom. The van der Waals surface area contributed by atoms with Gasteiger partial charge in [-0.05, 0) is 39.0 Å². The highest BCUT2D eigenvalue weighted by Gasteiger charge is 2.27. The largest absolute Gasteiger partial charge is 0.508 e. The van der Waals surface area contributed by atoms with Crippen molar-refractivity contribution >= 4 is 11.6 Å². The van der Waals surface area contributed by atoms with Gasteiger partial charge in [0.05, 0.1) is 12.2 Å². The van der Waals surface area contributed by atoms with Crippen LogP contribution in [0, 0.1) is 0 Å². The van der Waals surface area contributed by atoms with Crippen LogP contribution in [0.4, 0.5) is 0 Å². The second kappa shape index (κ2) is 5.47. The van der Waals surface area contributed by atoms with E-state index in [1.165, 1.54) is 0 Å². The van der Waals surface area contributed by atoms with Gasteiger partial charge in [-0.1, -0.05) is 11.6 Å². The van der Waals surface area contributed by atoms with Crippen LogP contribution in [0.25, 0.3) is 0 Å². The molecule has 1 fully saturated rings. The van der Waals surface area contributed by atoms with Crippen molar-refractivity contribution in [3.63, 3.8) is 0 Å². The van der Waals surface area contributed by atoms with Crippen molar-refractivity contribution in [2.24, 2.45) is 0 Å². The fraction of sp³-hybridized carbons (Fsp3) is 0.571. The highest BCUT2D eigenvalue weighted by molar-refractivity contribution is 6.30. The first-order valence-electron chi connectivity index (χ1n) is 6.35. The first kappa shape index (κ1) is 13.7. The maximum absolute atomic E-state index is 9.95. The van der Waals surface area contributed by atoms with Gasteiger partial charge >= 0.3 is 0 Å². The van der Waals surface area contributed by atoms with E-state index in [0.717, 1.165) is 18.7 Å². The molecule has 0 saturated carbocycles. The van der Waals surface area contributed by atoms with Crippen LogP contribution in [0.5, 0.6) is 5.75 Å². The number of ether oxygens (including phenoxy) is 1. The minimum atomic E-state index is 0.137. The van der Waals surface area contributed by atoms with Gasteiger partial charge in [0.2, 0.25) is 0 Å². The molecule has 18 heavy (non-hydrogen) atoms. The predicted molar refractivity (Wildman–Crippen MR) is 73.1 cm³/mol. The minimum Gasteiger partial charge on any atom is -0.508 e. The molecular formula is C14H20ClNO2. The summed E-state index contributed by atoms with van der Waals surface area (Å²) in [6.45, 7) is 7.99. The molecule has 1 aromatic carbocycles. The van der Waals surface area contributed by atoms with Crippen LogP contribution in [0.3, 0.4) is 0 Å². The summed E-state index contributed by atoms with van der Waals surface area (Å²) in [5, 5.41) is 10.6. The summed E-state index contributed by atoms with van der Waals surface area (Å²) in [5.41, 5.74) is 0.879. The SMILES string of the molecule is CC1CN(C(C)c2cc(Cl)ccc2O)CC(C)O1. The average molecular weight is 270 g/mol. The maximum atomic E-state index is 9.95. The second-order valence-electron chi connectivity index (χ2n) is 5.09. The van der Waals surface area contributed by atoms with Gasteiger partial charge in [0.15, 0.2) is 0 Å². The fourth-order valence-corrected chi connectivity index (χ4v) is 2.77. The Balaban J connectivity index is 2.19. The zero-order valence-electron chi connectivity index (χ0n) is 11.1. The number of phenols is 1. The summed E-state index contributed by atoms with van der Waals surface area (Å²) in [7, 11) is 0. The number of phenolic OH excluding ortho intramolecular Hbond substituents is 1. The van der Waals surface area contributed by atoms with Gasteiger partial charge in [-0.25, -0.2) is 0 Å². The molecule has 1 aromatic rings. The monoisotopic (exact) mass is 269 g/mol. The highest BCUT2D eigenvalue weighted by Crippen LogP contribution is 2.32. The standard InChI is InChI=1S/C14H20ClNO2/c1-9-7-16(8-10(2)18-9)11(3)13-6-12(15)4-5-14(13)17/h4-6,9-11,17H,7-8H2,1-3H3. The molecule has 1 aliphatic heterocycles. The van der Waals surface area contributed by atoms with Crippen LogP contribution in [0.15, 0.2) is 18.2 Å². The molecule has 0 amide bonds. The first-order chi connectivity index (χ1) is 8.47. The van der Waals surface area contributed by atoms with Gasteiger partial charge in [-0.2, -0.15) is 0 Å². The quantitative estimate of drug-likeness (QED) is 0.895. The number of morpholine rings is 1. The summed E-state index contributed by atoms with van der Waals surface area (Å²) in [6, 6.07) is 5.34. The molecule has 1 N–H and O–H groups in total. The summed E-state index contributed by atoms with van der Waals surface area (Å²) in [6.07, 6.45) is 0.440. The number of halogens is 1. The molecule has 0 bridgehead atoms. The van der Waals surface area contributed by atoms with E-state index in [1.54, 1.807) is 12.1 Å². The zero-order valence-corrected chi connectivity index (χ0v) is 11.8. The third-order valence-corrected chi connectivity index (χ3v) is 3.67. The van der Waals surface area contributed by atoms with Crippen LogP contribution < -0.4 is 0 Å². The molecule has 2 rings (SSSR count). The second-order valence-corrected chi connectivity index (χ2v) is 5.53. The number of benzene rings is 1. The van der Waals surface area contributed by atoms with Crippen LogP contribution >= 0.6 is 11.6 Å². The summed E-state index contributed by atoms with van der Waals surface area (Å²) >= 11 is 6.00. The molecule has 3 unspecified atom stereocenters. The molecule has 0 aromatic heterocycles. The maximum Gasteiger partial charge on any atom is 0.120 e. The van der Waals surface area contributed by atoms with Gasteiger partial charge in [0.1, 0.15) is 5.75 Å². The number of aromatic hydroxyl groups is 1. The molecule has 4 heteroatoms. The molecule has 1 saturated heterocycles. The van der Waals surface area contributed by atoms with Crippen molar-refractivity contribution in [2.45, 2.75) is 39.0 Å². The molecular weight excluding hydrogens is 250 g/mol. The van der Waals surface area contributed by atoms with Gasteiger partial charge < -0.3 is 9.84 Å². The van der Waals surface area contributed by atoms with Gasteiger partial charge in [0.25, 0.3) is 0 Å². The summed E-state index contributed by atoms with van der Waals surface area (Å²) < 4.78 is 5.73. The Labute approximate surface area is 113 Å². The van der Waals surface area contributed by atoms with Crippen LogP contribution in [0.1, 0.15) is 32.4 Å². The lowest BCUT2D eigenvalue weighted by Crippen LogP contribution is -2.46. The molecule has 0 aliphatic carbocycles. The summed E-state index contributed by atoms with van der Waals surface area (Å²) in [4.78, 5) is 2.32. The Kier molecular flexibility index (Phi) is 4.15. The first-order valence-corrected chi connectivity index (χ1v) is 6.73. The van der Waals surface area contributed by atoms with Crippen molar-refractivity contribution in [2.75, 3.05) is 13.1 Å². The fourth-order valence-electron chi connectivity index (χ4n) is 2.59. The predicted octanol–water partition coefficient (Wildman–Crippen LogP) is 3.22. The lowest BCUT2D eigenvalue weighted by atomic mass is 10.0. The van der Waals surface area contributed by atoms with E-state index in [9.17, 15) is 5.11 Å². The zero-order chi connectivity index (χ0) is 13.3. The average Bonchev–Trinajstić information content (AvgIpc) is 2.30. The van der Waals surface area contributed by atoms with Crippen molar-refractivity contribution in [1.29, 1.82) is 0 Å². The van der Waals surface area contributed by atoms with Crippen LogP contribution in [-0.2, 0) is 4.74 Å². The smallest absolute Gasteiger partial charge is 0.120 e. The minimum absolute atomic E-state index is 0.137. The van der Waals surface area contributed by atoms with Gasteiger partial charge in [0, 0.05) is 29.7 Å². The van der Waals surface area contributed by atoms with E-state index in [2.05, 4.69) is 25.7 Å². The van der Waals surface area contributed by atoms with E-state index < -0.39 is 0 Å². The molecule has 3 atom stereocenters. The lowest BCUT2D eigenvalue weighted by Gasteiger charge is -2.39. The van der Waals surface area contributed by atoms with Crippen LogP contribution in [-0.4, -0.2) is 35.3 Å². The topological polar surface area (TPSA) is 32.7 Å². The Hall–Kier alpha value is -0.770. The third kappa shape index (κ3) is 2.97. The van der Waals surface area contributed by atoms with Crippen molar-refractivity contribution in [3.8, 4) is 5.75 Å². The lowest BCUT2D eigenvalue weighted by molar-refractivity contribution is -0.0791. The van der Waals surface area contributed by atoms with E-state index in [0.29, 0.717) is 10.8 Å². The van der Waals surface area contributed by atoms with Crippen LogP contribution in [0.2, 0.25) is 5.02 Å². The molecule has 0 spiro atoms. The van der Waals surface area contributed by atoms with E-state index in [1.807, 2.05) is 6.07 Å². The Morgan fingerprint density at radius 3 is 2.56 bits per heavy atom. The molecule has 0 radical (unpaired) electrons. The van der Waals surface area contributed by atoms with E-state index in [-0.39, 0.29) is 18.2 Å². The number of rotatable bonds is 2. The number of hydrogen-bond donors (Lipinski definition) is 1. The van der Waals surface area contributed by atoms with Gasteiger partial charge in [-0.3, -0.25) is 4.90 Å². The molecule has 1 heterocycles. The highest BCUT2D eigenvalue weighted by atomic mass is 35.5. The molecule has 100 valence electrons. The number of hydrogen-bond acceptors (Lipinski definition) is 3. The molecule has 1 aliphatic rings. The van der Waals surface area contributed by atoms with E-state index >= 15 is 0 Å². The van der Waals surface area contributed by atoms with Crippen molar-refractivity contribution in [3.05, 3.63) is 28.8 Å². The Bertz CT molecular complexity index is 414. The Morgan fingerprint density at radius 1 is 1.33 bits per heavy atom. The van der Waals surface area contributed by atoms with Gasteiger partial charge in [-0.15, -0.1) is 0 Å². The normalized spacial score (nSPS) is 27.1. The third-order valence-electron chi connectivity index (χ3n) is 3.44. The summed E-state index contributed by atoms with van der Waals surface area (Å²) in [5.74, 6) is 0.304. The number of nitrogens with zero attached hydrogens (tertiary/aromatic N) is 1. The van der Waals surface area contributed by atoms with E-state index in [4.69, 9.17) is 16.3 Å². The van der Waals surface area contributed by atoms with Crippen molar-refractivity contribution in [1.82, 2.24) is 4.90 Å². The molecule has 3 nitrogen and oxygen atoms in total.